The van der Waals surface area contributed by atoms with Gasteiger partial charge in [0.15, 0.2) is 0 Å². The first-order chi connectivity index (χ1) is 7.59. The average molecular weight is 252 g/mol. The SMILES string of the molecule is Cc1ccsc1C(=O)c1csc(C(C)N)n1. The maximum Gasteiger partial charge on any atom is 0.222 e. The van der Waals surface area contributed by atoms with Crippen molar-refractivity contribution in [3.63, 3.8) is 0 Å². The molecule has 0 aliphatic rings. The summed E-state index contributed by atoms with van der Waals surface area (Å²) in [4.78, 5) is 17.1. The molecule has 84 valence electrons. The molecule has 2 aromatic heterocycles. The number of nitrogens with two attached hydrogens (primary N) is 1. The van der Waals surface area contributed by atoms with E-state index in [4.69, 9.17) is 5.73 Å². The van der Waals surface area contributed by atoms with E-state index in [0.717, 1.165) is 15.4 Å². The zero-order chi connectivity index (χ0) is 11.7. The molecule has 2 heterocycles. The second-order valence-corrected chi connectivity index (χ2v) is 5.43. The van der Waals surface area contributed by atoms with Gasteiger partial charge in [-0.15, -0.1) is 22.7 Å². The van der Waals surface area contributed by atoms with Gasteiger partial charge in [-0.05, 0) is 30.9 Å². The van der Waals surface area contributed by atoms with Crippen LogP contribution in [0.3, 0.4) is 0 Å². The third kappa shape index (κ3) is 2.07. The van der Waals surface area contributed by atoms with Gasteiger partial charge >= 0.3 is 0 Å². The van der Waals surface area contributed by atoms with Gasteiger partial charge in [-0.1, -0.05) is 0 Å². The Balaban J connectivity index is 2.31. The van der Waals surface area contributed by atoms with Crippen LogP contribution < -0.4 is 5.73 Å². The molecule has 1 unspecified atom stereocenters. The molecule has 0 saturated carbocycles. The summed E-state index contributed by atoms with van der Waals surface area (Å²) in [5.74, 6) is -0.00403. The number of carbonyl (C=O) groups is 1. The van der Waals surface area contributed by atoms with Crippen molar-refractivity contribution in [3.05, 3.63) is 38.0 Å². The topological polar surface area (TPSA) is 56.0 Å². The van der Waals surface area contributed by atoms with Gasteiger partial charge in [-0.3, -0.25) is 4.79 Å². The number of hydrogen-bond acceptors (Lipinski definition) is 5. The monoisotopic (exact) mass is 252 g/mol. The van der Waals surface area contributed by atoms with Gasteiger partial charge < -0.3 is 5.73 Å². The number of nitrogens with zero attached hydrogens (tertiary/aromatic N) is 1. The number of rotatable bonds is 3. The van der Waals surface area contributed by atoms with Crippen LogP contribution in [0.4, 0.5) is 0 Å². The molecule has 3 nitrogen and oxygen atoms in total. The molecular weight excluding hydrogens is 240 g/mol. The highest BCUT2D eigenvalue weighted by atomic mass is 32.1. The van der Waals surface area contributed by atoms with Gasteiger partial charge in [0.25, 0.3) is 0 Å². The Bertz CT molecular complexity index is 514. The van der Waals surface area contributed by atoms with E-state index in [1.54, 1.807) is 5.38 Å². The van der Waals surface area contributed by atoms with Crippen LogP contribution in [-0.2, 0) is 0 Å². The summed E-state index contributed by atoms with van der Waals surface area (Å²) in [5, 5.41) is 4.50. The van der Waals surface area contributed by atoms with Crippen molar-refractivity contribution in [1.82, 2.24) is 4.98 Å². The maximum atomic E-state index is 12.1. The second kappa shape index (κ2) is 4.45. The first kappa shape index (κ1) is 11.4. The number of thiazole rings is 1. The van der Waals surface area contributed by atoms with Gasteiger partial charge in [0.05, 0.1) is 10.9 Å². The number of aromatic nitrogens is 1. The number of thiophene rings is 1. The fraction of sp³-hybridized carbons (Fsp3) is 0.273. The van der Waals surface area contributed by atoms with E-state index in [9.17, 15) is 4.79 Å². The quantitative estimate of drug-likeness (QED) is 0.855. The maximum absolute atomic E-state index is 12.1. The molecule has 2 rings (SSSR count). The lowest BCUT2D eigenvalue weighted by atomic mass is 10.2. The molecular formula is C11H12N2OS2. The summed E-state index contributed by atoms with van der Waals surface area (Å²) in [6.45, 7) is 3.80. The highest BCUT2D eigenvalue weighted by Crippen LogP contribution is 2.22. The van der Waals surface area contributed by atoms with Crippen LogP contribution in [0.5, 0.6) is 0 Å². The molecule has 1 atom stereocenters. The van der Waals surface area contributed by atoms with Crippen LogP contribution in [0, 0.1) is 6.92 Å². The minimum Gasteiger partial charge on any atom is -0.322 e. The Morgan fingerprint density at radius 2 is 2.25 bits per heavy atom. The number of carbonyl (C=O) groups excluding carboxylic acids is 1. The molecule has 0 spiro atoms. The number of ketones is 1. The van der Waals surface area contributed by atoms with E-state index in [0.29, 0.717) is 5.69 Å². The minimum absolute atomic E-state index is 0.00403. The molecule has 2 N–H and O–H groups in total. The highest BCUT2D eigenvalue weighted by Gasteiger charge is 2.17. The largest absolute Gasteiger partial charge is 0.322 e. The number of aryl methyl sites for hydroxylation is 1. The molecule has 0 aliphatic heterocycles. The van der Waals surface area contributed by atoms with Crippen molar-refractivity contribution < 1.29 is 4.79 Å². The third-order valence-electron chi connectivity index (χ3n) is 2.21. The smallest absolute Gasteiger partial charge is 0.222 e. The van der Waals surface area contributed by atoms with Gasteiger partial charge in [-0.2, -0.15) is 0 Å². The summed E-state index contributed by atoms with van der Waals surface area (Å²) in [6.07, 6.45) is 0. The van der Waals surface area contributed by atoms with Crippen molar-refractivity contribution in [2.45, 2.75) is 19.9 Å². The zero-order valence-electron chi connectivity index (χ0n) is 9.06. The van der Waals surface area contributed by atoms with Gasteiger partial charge in [0.2, 0.25) is 5.78 Å². The average Bonchev–Trinajstić information content (AvgIpc) is 2.84. The summed E-state index contributed by atoms with van der Waals surface area (Å²) in [7, 11) is 0. The van der Waals surface area contributed by atoms with Crippen molar-refractivity contribution in [2.75, 3.05) is 0 Å². The van der Waals surface area contributed by atoms with E-state index in [2.05, 4.69) is 4.98 Å². The number of hydrogen-bond donors (Lipinski definition) is 1. The fourth-order valence-corrected chi connectivity index (χ4v) is 2.95. The zero-order valence-corrected chi connectivity index (χ0v) is 10.7. The molecule has 5 heteroatoms. The van der Waals surface area contributed by atoms with E-state index in [1.807, 2.05) is 25.3 Å². The predicted octanol–water partition coefficient (Wildman–Crippen LogP) is 2.76. The van der Waals surface area contributed by atoms with Crippen molar-refractivity contribution in [2.24, 2.45) is 5.73 Å². The third-order valence-corrected chi connectivity index (χ3v) is 4.27. The second-order valence-electron chi connectivity index (χ2n) is 3.62. The molecule has 0 aliphatic carbocycles. The molecule has 0 bridgehead atoms. The lowest BCUT2D eigenvalue weighted by molar-refractivity contribution is 0.103. The van der Waals surface area contributed by atoms with Crippen LogP contribution in [0.1, 0.15) is 38.9 Å². The Labute approximate surface area is 102 Å². The van der Waals surface area contributed by atoms with Crippen LogP contribution >= 0.6 is 22.7 Å². The van der Waals surface area contributed by atoms with Crippen molar-refractivity contribution in [1.29, 1.82) is 0 Å². The lowest BCUT2D eigenvalue weighted by Crippen LogP contribution is -2.06. The molecule has 0 amide bonds. The molecule has 0 aromatic carbocycles. The molecule has 16 heavy (non-hydrogen) atoms. The molecule has 0 radical (unpaired) electrons. The first-order valence-electron chi connectivity index (χ1n) is 4.89. The summed E-state index contributed by atoms with van der Waals surface area (Å²) in [5.41, 5.74) is 7.22. The van der Waals surface area contributed by atoms with E-state index < -0.39 is 0 Å². The van der Waals surface area contributed by atoms with Crippen LogP contribution in [0.25, 0.3) is 0 Å². The van der Waals surface area contributed by atoms with Gasteiger partial charge in [-0.25, -0.2) is 4.98 Å². The van der Waals surface area contributed by atoms with Crippen LogP contribution in [0.2, 0.25) is 0 Å². The van der Waals surface area contributed by atoms with E-state index in [1.165, 1.54) is 22.7 Å². The molecule has 0 saturated heterocycles. The van der Waals surface area contributed by atoms with Crippen LogP contribution in [0.15, 0.2) is 16.8 Å². The van der Waals surface area contributed by atoms with Gasteiger partial charge in [0, 0.05) is 5.38 Å². The van der Waals surface area contributed by atoms with Crippen molar-refractivity contribution >= 4 is 28.5 Å². The lowest BCUT2D eigenvalue weighted by Gasteiger charge is -1.97. The normalized spacial score (nSPS) is 12.7. The van der Waals surface area contributed by atoms with E-state index >= 15 is 0 Å². The Hall–Kier alpha value is -1.04. The fourth-order valence-electron chi connectivity index (χ4n) is 1.32. The van der Waals surface area contributed by atoms with Crippen molar-refractivity contribution in [3.8, 4) is 0 Å². The Morgan fingerprint density at radius 1 is 1.50 bits per heavy atom. The molecule has 2 aromatic rings. The Morgan fingerprint density at radius 3 is 2.75 bits per heavy atom. The summed E-state index contributed by atoms with van der Waals surface area (Å²) in [6, 6.07) is 1.83. The van der Waals surface area contributed by atoms with Gasteiger partial charge in [0.1, 0.15) is 10.7 Å². The summed E-state index contributed by atoms with van der Waals surface area (Å²) >= 11 is 2.89. The highest BCUT2D eigenvalue weighted by molar-refractivity contribution is 7.13. The van der Waals surface area contributed by atoms with Crippen LogP contribution in [-0.4, -0.2) is 10.8 Å². The Kier molecular flexibility index (Phi) is 3.18. The van der Waals surface area contributed by atoms with E-state index in [-0.39, 0.29) is 11.8 Å². The predicted molar refractivity (Wildman–Crippen MR) is 67.2 cm³/mol. The minimum atomic E-state index is -0.115. The molecule has 0 fully saturated rings. The standard InChI is InChI=1S/C11H12N2OS2/c1-6-3-4-15-10(6)9(14)8-5-16-11(13-8)7(2)12/h3-5,7H,12H2,1-2H3. The summed E-state index contributed by atoms with van der Waals surface area (Å²) < 4.78 is 0. The first-order valence-corrected chi connectivity index (χ1v) is 6.65.